The lowest BCUT2D eigenvalue weighted by atomic mass is 10.0. The molecule has 0 N–H and O–H groups in total. The Balaban J connectivity index is 1.45. The smallest absolute Gasteiger partial charge is 0.272 e. The third-order valence-electron chi connectivity index (χ3n) is 8.43. The Morgan fingerprint density at radius 2 is 1.79 bits per heavy atom. The lowest BCUT2D eigenvalue weighted by Crippen LogP contribution is -2.46. The van der Waals surface area contributed by atoms with Crippen LogP contribution in [-0.2, 0) is 13.5 Å². The van der Waals surface area contributed by atoms with Crippen LogP contribution in [0.3, 0.4) is 0 Å². The molecule has 0 unspecified atom stereocenters. The maximum Gasteiger partial charge on any atom is 0.272 e. The Morgan fingerprint density at radius 3 is 2.54 bits per heavy atom. The molecule has 7 nitrogen and oxygen atoms in total. The Bertz CT molecular complexity index is 1260. The van der Waals surface area contributed by atoms with E-state index < -0.39 is 0 Å². The molecule has 208 valence electrons. The first kappa shape index (κ1) is 27.4. The number of pyridine rings is 1. The van der Waals surface area contributed by atoms with Gasteiger partial charge in [0, 0.05) is 49.6 Å². The van der Waals surface area contributed by atoms with Gasteiger partial charge < -0.3 is 19.1 Å². The summed E-state index contributed by atoms with van der Waals surface area (Å²) in [6.07, 6.45) is 12.4. The number of ether oxygens (including phenoxy) is 1. The third kappa shape index (κ3) is 6.19. The summed E-state index contributed by atoms with van der Waals surface area (Å²) >= 11 is 0. The van der Waals surface area contributed by atoms with Gasteiger partial charge in [0.2, 0.25) is 5.88 Å². The minimum absolute atomic E-state index is 0.0534. The minimum atomic E-state index is 0.0534. The number of nitrogens with zero attached hydrogens (tertiary/aromatic N) is 5. The van der Waals surface area contributed by atoms with Crippen LogP contribution in [0.15, 0.2) is 42.6 Å². The molecule has 0 radical (unpaired) electrons. The van der Waals surface area contributed by atoms with E-state index in [0.717, 1.165) is 49.3 Å². The molecule has 39 heavy (non-hydrogen) atoms. The van der Waals surface area contributed by atoms with Gasteiger partial charge in [-0.1, -0.05) is 44.4 Å². The molecule has 0 bridgehead atoms. The zero-order valence-electron chi connectivity index (χ0n) is 23.9. The van der Waals surface area contributed by atoms with Crippen molar-refractivity contribution in [1.29, 1.82) is 0 Å². The van der Waals surface area contributed by atoms with Crippen molar-refractivity contribution in [2.75, 3.05) is 33.3 Å². The molecule has 2 fully saturated rings. The van der Waals surface area contributed by atoms with Gasteiger partial charge in [0.25, 0.3) is 5.91 Å². The van der Waals surface area contributed by atoms with Gasteiger partial charge in [-0.05, 0) is 69.3 Å². The van der Waals surface area contributed by atoms with Gasteiger partial charge in [-0.2, -0.15) is 0 Å². The van der Waals surface area contributed by atoms with Crippen LogP contribution in [0, 0.1) is 0 Å². The number of carbonyl (C=O) groups excluding carboxylic acids is 1. The Labute approximate surface area is 233 Å². The summed E-state index contributed by atoms with van der Waals surface area (Å²) in [5.41, 5.74) is 4.52. The molecule has 0 spiro atoms. The van der Waals surface area contributed by atoms with Gasteiger partial charge in [-0.15, -0.1) is 0 Å². The molecule has 1 aromatic carbocycles. The molecule has 0 atom stereocenters. The molecule has 7 heteroatoms. The zero-order valence-corrected chi connectivity index (χ0v) is 23.9. The van der Waals surface area contributed by atoms with Gasteiger partial charge in [-0.3, -0.25) is 4.79 Å². The number of imidazole rings is 1. The van der Waals surface area contributed by atoms with Crippen molar-refractivity contribution >= 4 is 5.91 Å². The predicted molar refractivity (Wildman–Crippen MR) is 156 cm³/mol. The van der Waals surface area contributed by atoms with Crippen molar-refractivity contribution < 1.29 is 9.53 Å². The second-order valence-corrected chi connectivity index (χ2v) is 11.1. The number of piperidine rings is 1. The molecule has 2 aliphatic heterocycles. The van der Waals surface area contributed by atoms with E-state index in [1.165, 1.54) is 57.2 Å². The fourth-order valence-corrected chi connectivity index (χ4v) is 6.18. The monoisotopic (exact) mass is 529 g/mol. The number of amides is 1. The topological polar surface area (TPSA) is 63.5 Å². The highest BCUT2D eigenvalue weighted by Crippen LogP contribution is 2.32. The van der Waals surface area contributed by atoms with Crippen LogP contribution in [0.4, 0.5) is 0 Å². The molecule has 0 aliphatic carbocycles. The summed E-state index contributed by atoms with van der Waals surface area (Å²) in [5.74, 6) is 1.38. The van der Waals surface area contributed by atoms with Crippen molar-refractivity contribution in [3.63, 3.8) is 0 Å². The summed E-state index contributed by atoms with van der Waals surface area (Å²) in [6, 6.07) is 13.0. The Kier molecular flexibility index (Phi) is 8.97. The average molecular weight is 530 g/mol. The summed E-state index contributed by atoms with van der Waals surface area (Å²) in [5, 5.41) is 0. The van der Waals surface area contributed by atoms with E-state index in [9.17, 15) is 4.79 Å². The number of benzene rings is 1. The molecule has 2 aliphatic rings. The summed E-state index contributed by atoms with van der Waals surface area (Å²) in [7, 11) is 3.58. The number of unbranched alkanes of at least 4 members (excludes halogenated alkanes) is 3. The van der Waals surface area contributed by atoms with Crippen LogP contribution in [0.5, 0.6) is 5.88 Å². The highest BCUT2D eigenvalue weighted by Gasteiger charge is 2.32. The maximum atomic E-state index is 14.1. The Morgan fingerprint density at radius 1 is 1.00 bits per heavy atom. The number of methoxy groups -OCH3 is 1. The van der Waals surface area contributed by atoms with Crippen molar-refractivity contribution in [3.05, 3.63) is 53.9 Å². The maximum absolute atomic E-state index is 14.1. The Hall–Kier alpha value is -3.19. The first-order valence-corrected chi connectivity index (χ1v) is 14.8. The molecule has 3 aromatic rings. The van der Waals surface area contributed by atoms with Crippen molar-refractivity contribution in [2.24, 2.45) is 7.05 Å². The number of rotatable bonds is 10. The number of carbonyl (C=O) groups is 1. The van der Waals surface area contributed by atoms with E-state index in [1.54, 1.807) is 13.3 Å². The normalized spacial score (nSPS) is 16.6. The standard InChI is InChI=1S/C32H43N5O2/c1-4-5-6-7-11-24-12-10-13-26(22-24)31-34-29(25-14-17-33-28(23-25)39-3)30(35(31)2)32(38)37-20-15-27(16-21-37)36-18-8-9-19-36/h10,12-14,17,22-23,27H,4-9,11,15-16,18-21H2,1-3H3. The molecular formula is C32H43N5O2. The van der Waals surface area contributed by atoms with Crippen LogP contribution in [0.2, 0.25) is 0 Å². The summed E-state index contributed by atoms with van der Waals surface area (Å²) in [4.78, 5) is 28.1. The molecule has 2 aromatic heterocycles. The highest BCUT2D eigenvalue weighted by atomic mass is 16.5. The number of aromatic nitrogens is 3. The average Bonchev–Trinajstić information content (AvgIpc) is 3.64. The molecule has 0 saturated carbocycles. The molecule has 4 heterocycles. The highest BCUT2D eigenvalue weighted by molar-refractivity contribution is 5.99. The summed E-state index contributed by atoms with van der Waals surface area (Å²) < 4.78 is 7.39. The van der Waals surface area contributed by atoms with Crippen LogP contribution in [0.1, 0.15) is 74.3 Å². The van der Waals surface area contributed by atoms with Gasteiger partial charge in [0.1, 0.15) is 17.2 Å². The van der Waals surface area contributed by atoms with Crippen LogP contribution >= 0.6 is 0 Å². The second-order valence-electron chi connectivity index (χ2n) is 11.1. The predicted octanol–water partition coefficient (Wildman–Crippen LogP) is 5.98. The number of likely N-dealkylation sites (tertiary alicyclic amines) is 2. The third-order valence-corrected chi connectivity index (χ3v) is 8.43. The zero-order chi connectivity index (χ0) is 27.2. The first-order valence-electron chi connectivity index (χ1n) is 14.8. The van der Waals surface area contributed by atoms with Gasteiger partial charge in [0.05, 0.1) is 7.11 Å². The van der Waals surface area contributed by atoms with E-state index in [4.69, 9.17) is 9.72 Å². The van der Waals surface area contributed by atoms with E-state index in [-0.39, 0.29) is 5.91 Å². The number of hydrogen-bond donors (Lipinski definition) is 0. The molecule has 5 rings (SSSR count). The fraction of sp³-hybridized carbons (Fsp3) is 0.531. The van der Waals surface area contributed by atoms with E-state index in [2.05, 4.69) is 41.1 Å². The fourth-order valence-electron chi connectivity index (χ4n) is 6.18. The van der Waals surface area contributed by atoms with Gasteiger partial charge in [0.15, 0.2) is 0 Å². The lowest BCUT2D eigenvalue weighted by molar-refractivity contribution is 0.0636. The van der Waals surface area contributed by atoms with Crippen molar-refractivity contribution in [3.8, 4) is 28.5 Å². The summed E-state index contributed by atoms with van der Waals surface area (Å²) in [6.45, 7) is 6.22. The first-order chi connectivity index (χ1) is 19.1. The quantitative estimate of drug-likeness (QED) is 0.302. The molecule has 2 saturated heterocycles. The van der Waals surface area contributed by atoms with Crippen molar-refractivity contribution in [1.82, 2.24) is 24.3 Å². The van der Waals surface area contributed by atoms with Crippen LogP contribution in [0.25, 0.3) is 22.6 Å². The van der Waals surface area contributed by atoms with E-state index in [0.29, 0.717) is 23.3 Å². The van der Waals surface area contributed by atoms with Gasteiger partial charge in [-0.25, -0.2) is 9.97 Å². The largest absolute Gasteiger partial charge is 0.481 e. The number of hydrogen-bond acceptors (Lipinski definition) is 5. The van der Waals surface area contributed by atoms with E-state index in [1.807, 2.05) is 28.6 Å². The van der Waals surface area contributed by atoms with Gasteiger partial charge >= 0.3 is 0 Å². The lowest BCUT2D eigenvalue weighted by Gasteiger charge is -2.36. The van der Waals surface area contributed by atoms with Crippen LogP contribution in [-0.4, -0.2) is 69.6 Å². The number of aryl methyl sites for hydroxylation is 1. The van der Waals surface area contributed by atoms with Crippen LogP contribution < -0.4 is 4.74 Å². The molecule has 1 amide bonds. The SMILES string of the molecule is CCCCCCc1cccc(-c2nc(-c3ccnc(OC)c3)c(C(=O)N3CCC(N4CCCC4)CC3)n2C)c1. The minimum Gasteiger partial charge on any atom is -0.481 e. The second kappa shape index (κ2) is 12.8. The van der Waals surface area contributed by atoms with E-state index >= 15 is 0 Å². The molecular weight excluding hydrogens is 486 g/mol. The van der Waals surface area contributed by atoms with Crippen molar-refractivity contribution in [2.45, 2.75) is 70.8 Å².